The number of esters is 1. The molecular weight excluding hydrogens is 224 g/mol. The molecule has 1 rings (SSSR count). The highest BCUT2D eigenvalue weighted by atomic mass is 16.6. The lowest BCUT2D eigenvalue weighted by molar-refractivity contribution is -0.180. The van der Waals surface area contributed by atoms with E-state index in [1.807, 2.05) is 0 Å². The summed E-state index contributed by atoms with van der Waals surface area (Å²) in [4.78, 5) is 23.3. The van der Waals surface area contributed by atoms with E-state index in [1.165, 1.54) is 0 Å². The molecule has 0 bridgehead atoms. The Morgan fingerprint density at radius 1 is 1.53 bits per heavy atom. The van der Waals surface area contributed by atoms with Crippen molar-refractivity contribution < 1.29 is 24.2 Å². The minimum absolute atomic E-state index is 0.189. The van der Waals surface area contributed by atoms with Crippen molar-refractivity contribution in [3.05, 3.63) is 0 Å². The van der Waals surface area contributed by atoms with E-state index < -0.39 is 23.8 Å². The molecule has 5 nitrogen and oxygen atoms in total. The van der Waals surface area contributed by atoms with E-state index in [2.05, 4.69) is 0 Å². The van der Waals surface area contributed by atoms with Crippen molar-refractivity contribution in [2.24, 2.45) is 5.92 Å². The van der Waals surface area contributed by atoms with Gasteiger partial charge in [-0.3, -0.25) is 4.79 Å². The zero-order valence-electron chi connectivity index (χ0n) is 10.7. The number of Topliss-reactive ketones (excluding diaryl/α,β-unsaturated/α-hetero) is 1. The first-order chi connectivity index (χ1) is 7.72. The molecule has 0 aliphatic carbocycles. The summed E-state index contributed by atoms with van der Waals surface area (Å²) in [5.41, 5.74) is -0.693. The van der Waals surface area contributed by atoms with Crippen molar-refractivity contribution >= 4 is 11.8 Å². The molecule has 1 aliphatic rings. The van der Waals surface area contributed by atoms with E-state index in [1.54, 1.807) is 27.7 Å². The molecular formula is C12H20O5. The predicted octanol–water partition coefficient (Wildman–Crippen LogP) is 0.683. The lowest BCUT2D eigenvalue weighted by Crippen LogP contribution is -2.48. The molecule has 0 aromatic rings. The van der Waals surface area contributed by atoms with Crippen molar-refractivity contribution in [1.82, 2.24) is 0 Å². The van der Waals surface area contributed by atoms with Crippen LogP contribution in [0.5, 0.6) is 0 Å². The lowest BCUT2D eigenvalue weighted by Gasteiger charge is -2.30. The molecule has 0 aromatic heterocycles. The highest BCUT2D eigenvalue weighted by Crippen LogP contribution is 2.20. The molecule has 0 amide bonds. The van der Waals surface area contributed by atoms with Gasteiger partial charge >= 0.3 is 5.97 Å². The molecule has 1 fully saturated rings. The Balaban J connectivity index is 2.65. The Hall–Kier alpha value is -0.940. The van der Waals surface area contributed by atoms with Crippen LogP contribution in [0.3, 0.4) is 0 Å². The van der Waals surface area contributed by atoms with Crippen LogP contribution in [0, 0.1) is 5.92 Å². The molecule has 98 valence electrons. The SMILES string of the molecule is CC1CCOC(C(O)C(=O)OC(C)(C)C)C1=O. The molecule has 1 N–H and O–H groups in total. The molecule has 3 atom stereocenters. The summed E-state index contributed by atoms with van der Waals surface area (Å²) in [6.07, 6.45) is -2.01. The minimum Gasteiger partial charge on any atom is -0.458 e. The molecule has 0 spiro atoms. The Morgan fingerprint density at radius 3 is 2.65 bits per heavy atom. The Morgan fingerprint density at radius 2 is 2.12 bits per heavy atom. The summed E-state index contributed by atoms with van der Waals surface area (Å²) in [5.74, 6) is -1.25. The van der Waals surface area contributed by atoms with E-state index in [4.69, 9.17) is 9.47 Å². The second-order valence-electron chi connectivity index (χ2n) is 5.36. The first kappa shape index (κ1) is 14.1. The zero-order valence-corrected chi connectivity index (χ0v) is 10.7. The van der Waals surface area contributed by atoms with E-state index in [0.717, 1.165) is 0 Å². The smallest absolute Gasteiger partial charge is 0.338 e. The standard InChI is InChI=1S/C12H20O5/c1-7-5-6-16-10(8(7)13)9(14)11(15)17-12(2,3)4/h7,9-10,14H,5-6H2,1-4H3. The maximum absolute atomic E-state index is 11.7. The van der Waals surface area contributed by atoms with Gasteiger partial charge in [0.2, 0.25) is 0 Å². The summed E-state index contributed by atoms with van der Waals surface area (Å²) < 4.78 is 10.2. The van der Waals surface area contributed by atoms with Gasteiger partial charge in [0.15, 0.2) is 18.0 Å². The fourth-order valence-electron chi connectivity index (χ4n) is 1.61. The molecule has 17 heavy (non-hydrogen) atoms. The number of hydrogen-bond acceptors (Lipinski definition) is 5. The minimum atomic E-state index is -1.54. The molecule has 3 unspecified atom stereocenters. The van der Waals surface area contributed by atoms with Crippen LogP contribution < -0.4 is 0 Å². The number of ketones is 1. The van der Waals surface area contributed by atoms with E-state index in [9.17, 15) is 14.7 Å². The number of hydrogen-bond donors (Lipinski definition) is 1. The Bertz CT molecular complexity index is 305. The van der Waals surface area contributed by atoms with Crippen LogP contribution in [-0.2, 0) is 19.1 Å². The van der Waals surface area contributed by atoms with Gasteiger partial charge in [0.1, 0.15) is 5.60 Å². The van der Waals surface area contributed by atoms with Gasteiger partial charge < -0.3 is 14.6 Å². The summed E-state index contributed by atoms with van der Waals surface area (Å²) in [6, 6.07) is 0. The largest absolute Gasteiger partial charge is 0.458 e. The molecule has 1 saturated heterocycles. The van der Waals surface area contributed by atoms with Crippen molar-refractivity contribution in [2.75, 3.05) is 6.61 Å². The number of carbonyl (C=O) groups excluding carboxylic acids is 2. The fourth-order valence-corrected chi connectivity index (χ4v) is 1.61. The van der Waals surface area contributed by atoms with Crippen LogP contribution in [-0.4, -0.2) is 41.3 Å². The van der Waals surface area contributed by atoms with E-state index in [-0.39, 0.29) is 11.7 Å². The summed E-state index contributed by atoms with van der Waals surface area (Å²) in [5, 5.41) is 9.77. The van der Waals surface area contributed by atoms with Gasteiger partial charge in [-0.2, -0.15) is 0 Å². The molecule has 1 heterocycles. The summed E-state index contributed by atoms with van der Waals surface area (Å²) in [6.45, 7) is 7.23. The Kier molecular flexibility index (Phi) is 4.27. The topological polar surface area (TPSA) is 72.8 Å². The van der Waals surface area contributed by atoms with Crippen LogP contribution in [0.1, 0.15) is 34.1 Å². The lowest BCUT2D eigenvalue weighted by atomic mass is 9.93. The predicted molar refractivity (Wildman–Crippen MR) is 60.4 cm³/mol. The first-order valence-electron chi connectivity index (χ1n) is 5.78. The second-order valence-corrected chi connectivity index (χ2v) is 5.36. The van der Waals surface area contributed by atoms with Crippen LogP contribution in [0.15, 0.2) is 0 Å². The molecule has 1 aliphatic heterocycles. The highest BCUT2D eigenvalue weighted by molar-refractivity contribution is 5.91. The second kappa shape index (κ2) is 5.14. The van der Waals surface area contributed by atoms with Gasteiger partial charge in [-0.05, 0) is 27.2 Å². The molecule has 0 saturated carbocycles. The van der Waals surface area contributed by atoms with Crippen molar-refractivity contribution in [3.63, 3.8) is 0 Å². The maximum atomic E-state index is 11.7. The third kappa shape index (κ3) is 3.78. The van der Waals surface area contributed by atoms with Crippen molar-refractivity contribution in [3.8, 4) is 0 Å². The molecule has 0 aromatic carbocycles. The number of carbonyl (C=O) groups is 2. The quantitative estimate of drug-likeness (QED) is 0.723. The van der Waals surface area contributed by atoms with Crippen LogP contribution in [0.4, 0.5) is 0 Å². The number of aliphatic hydroxyl groups is 1. The van der Waals surface area contributed by atoms with Gasteiger partial charge in [0.05, 0.1) is 0 Å². The first-order valence-corrected chi connectivity index (χ1v) is 5.78. The third-order valence-electron chi connectivity index (χ3n) is 2.55. The number of rotatable bonds is 2. The number of ether oxygens (including phenoxy) is 2. The van der Waals surface area contributed by atoms with Crippen LogP contribution in [0.25, 0.3) is 0 Å². The monoisotopic (exact) mass is 244 g/mol. The van der Waals surface area contributed by atoms with Crippen molar-refractivity contribution in [1.29, 1.82) is 0 Å². The van der Waals surface area contributed by atoms with Gasteiger partial charge in [0.25, 0.3) is 0 Å². The van der Waals surface area contributed by atoms with E-state index in [0.29, 0.717) is 13.0 Å². The average Bonchev–Trinajstić information content (AvgIpc) is 2.18. The summed E-state index contributed by atoms with van der Waals surface area (Å²) in [7, 11) is 0. The zero-order chi connectivity index (χ0) is 13.2. The number of aliphatic hydroxyl groups excluding tert-OH is 1. The van der Waals surface area contributed by atoms with Crippen molar-refractivity contribution in [2.45, 2.75) is 51.9 Å². The highest BCUT2D eigenvalue weighted by Gasteiger charge is 2.39. The average molecular weight is 244 g/mol. The van der Waals surface area contributed by atoms with Gasteiger partial charge in [-0.1, -0.05) is 6.92 Å². The molecule has 5 heteroatoms. The van der Waals surface area contributed by atoms with Gasteiger partial charge in [-0.25, -0.2) is 4.79 Å². The normalized spacial score (nSPS) is 27.7. The van der Waals surface area contributed by atoms with E-state index >= 15 is 0 Å². The third-order valence-corrected chi connectivity index (χ3v) is 2.55. The summed E-state index contributed by atoms with van der Waals surface area (Å²) >= 11 is 0. The van der Waals surface area contributed by atoms with Crippen LogP contribution >= 0.6 is 0 Å². The Labute approximate surface area is 101 Å². The fraction of sp³-hybridized carbons (Fsp3) is 0.833. The maximum Gasteiger partial charge on any atom is 0.338 e. The van der Waals surface area contributed by atoms with Gasteiger partial charge in [0, 0.05) is 12.5 Å². The molecule has 0 radical (unpaired) electrons. The van der Waals surface area contributed by atoms with Gasteiger partial charge in [-0.15, -0.1) is 0 Å². The van der Waals surface area contributed by atoms with Crippen LogP contribution in [0.2, 0.25) is 0 Å².